The number of nitrogens with zero attached hydrogens (tertiary/aromatic N) is 1. The first-order valence-corrected chi connectivity index (χ1v) is 9.64. The minimum atomic E-state index is 0.381. The van der Waals surface area contributed by atoms with Gasteiger partial charge in [0.15, 0.2) is 6.29 Å². The fourth-order valence-corrected chi connectivity index (χ4v) is 3.15. The summed E-state index contributed by atoms with van der Waals surface area (Å²) < 4.78 is 11.0. The number of aromatic nitrogens is 1. The Morgan fingerprint density at radius 2 is 1.60 bits per heavy atom. The van der Waals surface area contributed by atoms with Crippen molar-refractivity contribution in [2.24, 2.45) is 0 Å². The summed E-state index contributed by atoms with van der Waals surface area (Å²) in [7, 11) is 1.63. The van der Waals surface area contributed by atoms with Gasteiger partial charge in [-0.3, -0.25) is 4.79 Å². The van der Waals surface area contributed by atoms with Crippen molar-refractivity contribution in [2.75, 3.05) is 7.11 Å². The number of rotatable bonds is 7. The van der Waals surface area contributed by atoms with Crippen LogP contribution in [0.1, 0.15) is 16.8 Å². The number of para-hydroxylation sites is 1. The minimum Gasteiger partial charge on any atom is -0.497 e. The Kier molecular flexibility index (Phi) is 5.85. The van der Waals surface area contributed by atoms with Crippen molar-refractivity contribution in [2.45, 2.75) is 6.61 Å². The first-order valence-electron chi connectivity index (χ1n) is 9.64. The maximum atomic E-state index is 11.6. The summed E-state index contributed by atoms with van der Waals surface area (Å²) in [6.07, 6.45) is 2.71. The number of benzene rings is 3. The van der Waals surface area contributed by atoms with Gasteiger partial charge in [0.05, 0.1) is 18.3 Å². The SMILES string of the molecule is COc1ccc(/C=C(/C=O)c2ccc(OCc3ccc4ccccc4n3)cc2)cc1. The van der Waals surface area contributed by atoms with E-state index in [0.29, 0.717) is 12.2 Å². The predicted molar refractivity (Wildman–Crippen MR) is 119 cm³/mol. The third kappa shape index (κ3) is 4.55. The molecule has 0 atom stereocenters. The van der Waals surface area contributed by atoms with Crippen LogP contribution in [0.15, 0.2) is 84.9 Å². The van der Waals surface area contributed by atoms with Crippen LogP contribution >= 0.6 is 0 Å². The molecule has 0 saturated carbocycles. The molecule has 0 aliphatic carbocycles. The molecule has 30 heavy (non-hydrogen) atoms. The Hall–Kier alpha value is -3.92. The van der Waals surface area contributed by atoms with Gasteiger partial charge in [-0.25, -0.2) is 4.98 Å². The van der Waals surface area contributed by atoms with Crippen molar-refractivity contribution >= 4 is 28.8 Å². The van der Waals surface area contributed by atoms with E-state index in [-0.39, 0.29) is 0 Å². The van der Waals surface area contributed by atoms with E-state index in [2.05, 4.69) is 4.98 Å². The largest absolute Gasteiger partial charge is 0.497 e. The molecule has 4 aromatic rings. The molecule has 0 amide bonds. The summed E-state index contributed by atoms with van der Waals surface area (Å²) in [5.74, 6) is 1.51. The first kappa shape index (κ1) is 19.4. The monoisotopic (exact) mass is 395 g/mol. The Morgan fingerprint density at radius 1 is 0.867 bits per heavy atom. The number of ether oxygens (including phenoxy) is 2. The fourth-order valence-electron chi connectivity index (χ4n) is 3.15. The van der Waals surface area contributed by atoms with Crippen LogP contribution in [0.25, 0.3) is 22.6 Å². The van der Waals surface area contributed by atoms with Gasteiger partial charge >= 0.3 is 0 Å². The summed E-state index contributed by atoms with van der Waals surface area (Å²) >= 11 is 0. The molecule has 4 heteroatoms. The molecule has 0 spiro atoms. The van der Waals surface area contributed by atoms with E-state index < -0.39 is 0 Å². The van der Waals surface area contributed by atoms with Crippen molar-refractivity contribution in [3.05, 3.63) is 102 Å². The van der Waals surface area contributed by atoms with Crippen molar-refractivity contribution < 1.29 is 14.3 Å². The molecule has 1 heterocycles. The number of allylic oxidation sites excluding steroid dienone is 1. The van der Waals surface area contributed by atoms with Crippen molar-refractivity contribution in [1.29, 1.82) is 0 Å². The second kappa shape index (κ2) is 9.05. The number of hydrogen-bond donors (Lipinski definition) is 0. The van der Waals surface area contributed by atoms with E-state index in [1.54, 1.807) is 7.11 Å². The Bertz CT molecular complexity index is 1180. The Labute approximate surface area is 175 Å². The zero-order chi connectivity index (χ0) is 20.8. The van der Waals surface area contributed by atoms with Crippen LogP contribution in [-0.4, -0.2) is 18.4 Å². The van der Waals surface area contributed by atoms with E-state index in [9.17, 15) is 4.79 Å². The predicted octanol–water partition coefficient (Wildman–Crippen LogP) is 5.56. The topological polar surface area (TPSA) is 48.4 Å². The average Bonchev–Trinajstić information content (AvgIpc) is 2.82. The molecule has 0 aliphatic rings. The molecule has 1 aromatic heterocycles. The lowest BCUT2D eigenvalue weighted by Crippen LogP contribution is -1.98. The Morgan fingerprint density at radius 3 is 2.33 bits per heavy atom. The second-order valence-corrected chi connectivity index (χ2v) is 6.80. The summed E-state index contributed by atoms with van der Waals surface area (Å²) in [4.78, 5) is 16.2. The highest BCUT2D eigenvalue weighted by Crippen LogP contribution is 2.22. The number of pyridine rings is 1. The molecule has 0 aliphatic heterocycles. The molecule has 0 N–H and O–H groups in total. The minimum absolute atomic E-state index is 0.381. The zero-order valence-corrected chi connectivity index (χ0v) is 16.6. The van der Waals surface area contributed by atoms with Gasteiger partial charge in [0.2, 0.25) is 0 Å². The lowest BCUT2D eigenvalue weighted by molar-refractivity contribution is -0.103. The number of hydrogen-bond acceptors (Lipinski definition) is 4. The summed E-state index contributed by atoms with van der Waals surface area (Å²) in [6, 6.07) is 27.1. The van der Waals surface area contributed by atoms with E-state index in [4.69, 9.17) is 9.47 Å². The number of carbonyl (C=O) groups is 1. The highest BCUT2D eigenvalue weighted by Gasteiger charge is 2.04. The molecular weight excluding hydrogens is 374 g/mol. The highest BCUT2D eigenvalue weighted by molar-refractivity contribution is 6.13. The van der Waals surface area contributed by atoms with Crippen LogP contribution in [0.2, 0.25) is 0 Å². The van der Waals surface area contributed by atoms with Crippen LogP contribution in [0.4, 0.5) is 0 Å². The van der Waals surface area contributed by atoms with Gasteiger partial charge in [-0.05, 0) is 53.6 Å². The van der Waals surface area contributed by atoms with E-state index in [1.807, 2.05) is 91.0 Å². The van der Waals surface area contributed by atoms with Gasteiger partial charge < -0.3 is 9.47 Å². The molecule has 0 radical (unpaired) electrons. The number of methoxy groups -OCH3 is 1. The van der Waals surface area contributed by atoms with Crippen LogP contribution in [0.3, 0.4) is 0 Å². The molecule has 4 nitrogen and oxygen atoms in total. The van der Waals surface area contributed by atoms with Crippen LogP contribution in [0.5, 0.6) is 11.5 Å². The number of fused-ring (bicyclic) bond motifs is 1. The average molecular weight is 395 g/mol. The van der Waals surface area contributed by atoms with Crippen molar-refractivity contribution in [3.8, 4) is 11.5 Å². The van der Waals surface area contributed by atoms with Gasteiger partial charge in [-0.1, -0.05) is 48.5 Å². The number of carbonyl (C=O) groups excluding carboxylic acids is 1. The molecular formula is C26H21NO3. The normalized spacial score (nSPS) is 11.3. The third-order valence-corrected chi connectivity index (χ3v) is 4.80. The van der Waals surface area contributed by atoms with E-state index in [1.165, 1.54) is 0 Å². The van der Waals surface area contributed by atoms with Crippen LogP contribution in [-0.2, 0) is 11.4 Å². The second-order valence-electron chi connectivity index (χ2n) is 6.80. The molecule has 0 fully saturated rings. The lowest BCUT2D eigenvalue weighted by Gasteiger charge is -2.08. The summed E-state index contributed by atoms with van der Waals surface area (Å²) in [5.41, 5.74) is 4.18. The maximum Gasteiger partial charge on any atom is 0.150 e. The smallest absolute Gasteiger partial charge is 0.150 e. The van der Waals surface area contributed by atoms with Gasteiger partial charge in [0.1, 0.15) is 18.1 Å². The molecule has 0 saturated heterocycles. The van der Waals surface area contributed by atoms with Gasteiger partial charge in [0, 0.05) is 11.0 Å². The quantitative estimate of drug-likeness (QED) is 0.233. The molecule has 0 bridgehead atoms. The van der Waals surface area contributed by atoms with Crippen molar-refractivity contribution in [1.82, 2.24) is 4.98 Å². The lowest BCUT2D eigenvalue weighted by atomic mass is 10.0. The van der Waals surface area contributed by atoms with E-state index in [0.717, 1.165) is 45.5 Å². The Balaban J connectivity index is 1.45. The maximum absolute atomic E-state index is 11.6. The zero-order valence-electron chi connectivity index (χ0n) is 16.6. The van der Waals surface area contributed by atoms with Crippen LogP contribution in [0, 0.1) is 0 Å². The standard InChI is InChI=1S/C26H21NO3/c1-29-24-12-6-19(7-13-24)16-22(17-28)20-9-14-25(15-10-20)30-18-23-11-8-21-4-2-3-5-26(21)27-23/h2-17H,18H2,1H3/b22-16-. The molecule has 3 aromatic carbocycles. The first-order chi connectivity index (χ1) is 14.7. The van der Waals surface area contributed by atoms with E-state index >= 15 is 0 Å². The van der Waals surface area contributed by atoms with Gasteiger partial charge in [-0.2, -0.15) is 0 Å². The number of aldehydes is 1. The fraction of sp³-hybridized carbons (Fsp3) is 0.0769. The van der Waals surface area contributed by atoms with Gasteiger partial charge in [0.25, 0.3) is 0 Å². The molecule has 148 valence electrons. The van der Waals surface area contributed by atoms with Gasteiger partial charge in [-0.15, -0.1) is 0 Å². The highest BCUT2D eigenvalue weighted by atomic mass is 16.5. The summed E-state index contributed by atoms with van der Waals surface area (Å²) in [6.45, 7) is 0.381. The third-order valence-electron chi connectivity index (χ3n) is 4.80. The van der Waals surface area contributed by atoms with Crippen molar-refractivity contribution in [3.63, 3.8) is 0 Å². The van der Waals surface area contributed by atoms with Crippen LogP contribution < -0.4 is 9.47 Å². The summed E-state index contributed by atoms with van der Waals surface area (Å²) in [5, 5.41) is 1.11. The molecule has 0 unspecified atom stereocenters. The molecule has 4 rings (SSSR count).